The first-order valence-corrected chi connectivity index (χ1v) is 5.72. The molecule has 2 aromatic rings. The topological polar surface area (TPSA) is 68.0 Å². The maximum Gasteiger partial charge on any atom is 0.182 e. The number of nitrogens with zero attached hydrogens (tertiary/aromatic N) is 3. The summed E-state index contributed by atoms with van der Waals surface area (Å²) in [4.78, 5) is 8.01. The molecule has 0 spiro atoms. The maximum absolute atomic E-state index is 8.97. The molecule has 0 amide bonds. The van der Waals surface area contributed by atoms with Gasteiger partial charge in [0.1, 0.15) is 17.8 Å². The largest absolute Gasteiger partial charge is 0.496 e. The quantitative estimate of drug-likeness (QED) is 0.806. The summed E-state index contributed by atoms with van der Waals surface area (Å²) >= 11 is 5.97. The van der Waals surface area contributed by atoms with E-state index in [1.807, 2.05) is 0 Å². The minimum Gasteiger partial charge on any atom is -0.496 e. The van der Waals surface area contributed by atoms with Crippen molar-refractivity contribution in [2.24, 2.45) is 0 Å². The molecule has 0 fully saturated rings. The molecule has 0 aliphatic carbocycles. The van der Waals surface area contributed by atoms with Crippen LogP contribution >= 0.6 is 11.6 Å². The second-order valence-corrected chi connectivity index (χ2v) is 3.93. The summed E-state index contributed by atoms with van der Waals surface area (Å²) in [5, 5.41) is 9.18. The minimum atomic E-state index is 0.205. The molecule has 0 saturated heterocycles. The van der Waals surface area contributed by atoms with Gasteiger partial charge in [0, 0.05) is 5.56 Å². The first-order valence-electron chi connectivity index (χ1n) is 5.34. The normalized spacial score (nSPS) is 9.79. The van der Waals surface area contributed by atoms with E-state index in [0.29, 0.717) is 28.3 Å². The van der Waals surface area contributed by atoms with E-state index >= 15 is 0 Å². The van der Waals surface area contributed by atoms with Crippen LogP contribution < -0.4 is 9.47 Å². The summed E-state index contributed by atoms with van der Waals surface area (Å²) in [5.41, 5.74) is 1.60. The van der Waals surface area contributed by atoms with E-state index in [4.69, 9.17) is 26.3 Å². The fraction of sp³-hybridized carbons (Fsp3) is 0.154. The molecule has 0 atom stereocenters. The predicted molar refractivity (Wildman–Crippen MR) is 70.3 cm³/mol. The number of ether oxygens (including phenoxy) is 2. The molecule has 0 bridgehead atoms. The number of nitriles is 1. The van der Waals surface area contributed by atoms with E-state index < -0.39 is 0 Å². The number of benzene rings is 1. The SMILES string of the molecule is COc1ccc(C#N)cc1-c1ncnc(Cl)c1OC. The van der Waals surface area contributed by atoms with Crippen LogP contribution in [-0.2, 0) is 0 Å². The molecule has 2 rings (SSSR count). The molecule has 0 N–H and O–H groups in total. The van der Waals surface area contributed by atoms with Gasteiger partial charge in [0.15, 0.2) is 10.9 Å². The van der Waals surface area contributed by atoms with Crippen LogP contribution in [0.15, 0.2) is 24.5 Å². The van der Waals surface area contributed by atoms with Gasteiger partial charge in [-0.05, 0) is 18.2 Å². The van der Waals surface area contributed by atoms with Crippen molar-refractivity contribution in [1.82, 2.24) is 9.97 Å². The van der Waals surface area contributed by atoms with Crippen LogP contribution in [0, 0.1) is 11.3 Å². The smallest absolute Gasteiger partial charge is 0.182 e. The van der Waals surface area contributed by atoms with Crippen molar-refractivity contribution in [2.45, 2.75) is 0 Å². The Balaban J connectivity index is 2.71. The molecule has 0 aliphatic rings. The summed E-state index contributed by atoms with van der Waals surface area (Å²) < 4.78 is 10.5. The first-order chi connectivity index (χ1) is 9.21. The molecule has 6 heteroatoms. The second-order valence-electron chi connectivity index (χ2n) is 3.57. The Kier molecular flexibility index (Phi) is 3.83. The van der Waals surface area contributed by atoms with Gasteiger partial charge < -0.3 is 9.47 Å². The van der Waals surface area contributed by atoms with Gasteiger partial charge in [0.25, 0.3) is 0 Å². The first kappa shape index (κ1) is 13.1. The van der Waals surface area contributed by atoms with Gasteiger partial charge >= 0.3 is 0 Å². The second kappa shape index (κ2) is 5.55. The third-order valence-electron chi connectivity index (χ3n) is 2.55. The molecule has 1 aromatic carbocycles. The molecule has 0 aliphatic heterocycles. The van der Waals surface area contributed by atoms with Crippen LogP contribution in [0.1, 0.15) is 5.56 Å². The van der Waals surface area contributed by atoms with E-state index in [1.165, 1.54) is 13.4 Å². The van der Waals surface area contributed by atoms with Crippen LogP contribution in [0.25, 0.3) is 11.3 Å². The van der Waals surface area contributed by atoms with Crippen molar-refractivity contribution in [1.29, 1.82) is 5.26 Å². The lowest BCUT2D eigenvalue weighted by molar-refractivity contribution is 0.407. The van der Waals surface area contributed by atoms with Crippen molar-refractivity contribution in [3.8, 4) is 28.8 Å². The zero-order chi connectivity index (χ0) is 13.8. The molecule has 0 radical (unpaired) electrons. The third-order valence-corrected chi connectivity index (χ3v) is 2.82. The Morgan fingerprint density at radius 2 is 2.00 bits per heavy atom. The van der Waals surface area contributed by atoms with Crippen molar-refractivity contribution in [3.05, 3.63) is 35.2 Å². The number of methoxy groups -OCH3 is 2. The van der Waals surface area contributed by atoms with E-state index in [0.717, 1.165) is 0 Å². The van der Waals surface area contributed by atoms with Gasteiger partial charge in [-0.25, -0.2) is 9.97 Å². The average Bonchev–Trinajstić information content (AvgIpc) is 2.46. The highest BCUT2D eigenvalue weighted by molar-refractivity contribution is 6.31. The van der Waals surface area contributed by atoms with Crippen LogP contribution in [0.4, 0.5) is 0 Å². The Morgan fingerprint density at radius 3 is 2.63 bits per heavy atom. The summed E-state index contributed by atoms with van der Waals surface area (Å²) in [6.45, 7) is 0. The number of halogens is 1. The van der Waals surface area contributed by atoms with Crippen LogP contribution in [0.5, 0.6) is 11.5 Å². The van der Waals surface area contributed by atoms with E-state index in [2.05, 4.69) is 16.0 Å². The van der Waals surface area contributed by atoms with E-state index in [1.54, 1.807) is 25.3 Å². The Labute approximate surface area is 115 Å². The van der Waals surface area contributed by atoms with Crippen LogP contribution in [0.3, 0.4) is 0 Å². The minimum absolute atomic E-state index is 0.205. The van der Waals surface area contributed by atoms with Gasteiger partial charge in [-0.1, -0.05) is 11.6 Å². The molecule has 0 unspecified atom stereocenters. The summed E-state index contributed by atoms with van der Waals surface area (Å²) in [5.74, 6) is 0.921. The van der Waals surface area contributed by atoms with Crippen molar-refractivity contribution < 1.29 is 9.47 Å². The summed E-state index contributed by atoms with van der Waals surface area (Å²) in [7, 11) is 3.02. The van der Waals surface area contributed by atoms with Gasteiger partial charge in [-0.15, -0.1) is 0 Å². The third kappa shape index (κ3) is 2.44. The lowest BCUT2D eigenvalue weighted by Gasteiger charge is -2.12. The van der Waals surface area contributed by atoms with Crippen molar-refractivity contribution >= 4 is 11.6 Å². The molecule has 0 saturated carbocycles. The highest BCUT2D eigenvalue weighted by Gasteiger charge is 2.16. The van der Waals surface area contributed by atoms with E-state index in [9.17, 15) is 0 Å². The Hall–Kier alpha value is -2.32. The zero-order valence-corrected chi connectivity index (χ0v) is 11.1. The van der Waals surface area contributed by atoms with E-state index in [-0.39, 0.29) is 5.15 Å². The highest BCUT2D eigenvalue weighted by atomic mass is 35.5. The van der Waals surface area contributed by atoms with Crippen molar-refractivity contribution in [2.75, 3.05) is 14.2 Å². The molecule has 1 heterocycles. The molecule has 19 heavy (non-hydrogen) atoms. The predicted octanol–water partition coefficient (Wildman–Crippen LogP) is 2.69. The monoisotopic (exact) mass is 275 g/mol. The highest BCUT2D eigenvalue weighted by Crippen LogP contribution is 2.37. The molecular weight excluding hydrogens is 266 g/mol. The van der Waals surface area contributed by atoms with Gasteiger partial charge in [0.2, 0.25) is 0 Å². The van der Waals surface area contributed by atoms with Gasteiger partial charge in [-0.2, -0.15) is 5.26 Å². The molecule has 1 aromatic heterocycles. The lowest BCUT2D eigenvalue weighted by atomic mass is 10.1. The lowest BCUT2D eigenvalue weighted by Crippen LogP contribution is -1.97. The van der Waals surface area contributed by atoms with Crippen molar-refractivity contribution in [3.63, 3.8) is 0 Å². The fourth-order valence-corrected chi connectivity index (χ4v) is 1.90. The molecule has 5 nitrogen and oxygen atoms in total. The molecule has 96 valence electrons. The number of rotatable bonds is 3. The van der Waals surface area contributed by atoms with Crippen LogP contribution in [0.2, 0.25) is 5.15 Å². The molecular formula is C13H10ClN3O2. The van der Waals surface area contributed by atoms with Gasteiger partial charge in [-0.3, -0.25) is 0 Å². The maximum atomic E-state index is 8.97. The summed E-state index contributed by atoms with van der Waals surface area (Å²) in [6.07, 6.45) is 1.33. The average molecular weight is 276 g/mol. The standard InChI is InChI=1S/C13H10ClN3O2/c1-18-10-4-3-8(6-15)5-9(10)11-12(19-2)13(14)17-7-16-11/h3-5,7H,1-2H3. The zero-order valence-electron chi connectivity index (χ0n) is 10.3. The number of hydrogen-bond acceptors (Lipinski definition) is 5. The van der Waals surface area contributed by atoms with Crippen LogP contribution in [-0.4, -0.2) is 24.2 Å². The fourth-order valence-electron chi connectivity index (χ4n) is 1.69. The Bertz CT molecular complexity index is 653. The van der Waals surface area contributed by atoms with Gasteiger partial charge in [0.05, 0.1) is 25.9 Å². The Morgan fingerprint density at radius 1 is 1.21 bits per heavy atom. The number of hydrogen-bond donors (Lipinski definition) is 0. The number of aromatic nitrogens is 2. The summed E-state index contributed by atoms with van der Waals surface area (Å²) in [6, 6.07) is 7.10.